The molecule has 0 heterocycles. The molecule has 0 aliphatic heterocycles. The number of ether oxygens (including phenoxy) is 1. The highest BCUT2D eigenvalue weighted by atomic mass is 16.5. The van der Waals surface area contributed by atoms with Crippen LogP contribution in [0.2, 0.25) is 0 Å². The number of nitrogens with one attached hydrogen (secondary N) is 1. The molecule has 18 heavy (non-hydrogen) atoms. The third kappa shape index (κ3) is 3.69. The summed E-state index contributed by atoms with van der Waals surface area (Å²) >= 11 is 0. The summed E-state index contributed by atoms with van der Waals surface area (Å²) in [5.41, 5.74) is 0. The van der Waals surface area contributed by atoms with Crippen molar-refractivity contribution in [3.63, 3.8) is 0 Å². The molecule has 0 spiro atoms. The number of nitrogens with zero attached hydrogens (tertiary/aromatic N) is 1. The van der Waals surface area contributed by atoms with Crippen LogP contribution in [0.25, 0.3) is 0 Å². The van der Waals surface area contributed by atoms with Crippen molar-refractivity contribution in [1.82, 2.24) is 10.2 Å². The Balaban J connectivity index is 1.63. The SMILES string of the molecule is COCCNCC(C)N(C)CC1CC2CCC1C2. The molecule has 0 aromatic rings. The maximum atomic E-state index is 5.05. The van der Waals surface area contributed by atoms with E-state index in [1.165, 1.54) is 32.2 Å². The van der Waals surface area contributed by atoms with Crippen molar-refractivity contribution in [2.45, 2.75) is 38.6 Å². The van der Waals surface area contributed by atoms with Gasteiger partial charge in [0.15, 0.2) is 0 Å². The lowest BCUT2D eigenvalue weighted by molar-refractivity contribution is 0.170. The first-order valence-corrected chi connectivity index (χ1v) is 7.60. The summed E-state index contributed by atoms with van der Waals surface area (Å²) in [6, 6.07) is 0.626. The summed E-state index contributed by atoms with van der Waals surface area (Å²) < 4.78 is 5.05. The van der Waals surface area contributed by atoms with E-state index in [0.717, 1.165) is 37.5 Å². The standard InChI is InChI=1S/C15H30N2O/c1-12(10-16-6-7-18-3)17(2)11-15-9-13-4-5-14(15)8-13/h12-16H,4-11H2,1-3H3. The molecule has 0 radical (unpaired) electrons. The van der Waals surface area contributed by atoms with E-state index in [4.69, 9.17) is 4.74 Å². The summed E-state index contributed by atoms with van der Waals surface area (Å²) in [6.07, 6.45) is 6.04. The molecular weight excluding hydrogens is 224 g/mol. The lowest BCUT2D eigenvalue weighted by Crippen LogP contribution is -2.41. The second-order valence-electron chi connectivity index (χ2n) is 6.42. The molecule has 0 aromatic carbocycles. The molecule has 106 valence electrons. The van der Waals surface area contributed by atoms with Crippen LogP contribution >= 0.6 is 0 Å². The normalized spacial score (nSPS) is 32.3. The fraction of sp³-hybridized carbons (Fsp3) is 1.00. The Morgan fingerprint density at radius 3 is 2.78 bits per heavy atom. The van der Waals surface area contributed by atoms with E-state index >= 15 is 0 Å². The molecule has 4 unspecified atom stereocenters. The summed E-state index contributed by atoms with van der Waals surface area (Å²) in [5.74, 6) is 3.10. The lowest BCUT2D eigenvalue weighted by Gasteiger charge is -2.31. The number of rotatable bonds is 8. The molecule has 2 fully saturated rings. The maximum Gasteiger partial charge on any atom is 0.0587 e. The summed E-state index contributed by atoms with van der Waals surface area (Å²) in [6.45, 7) is 6.47. The Kier molecular flexibility index (Phi) is 5.46. The van der Waals surface area contributed by atoms with Crippen molar-refractivity contribution in [3.05, 3.63) is 0 Å². The molecule has 4 atom stereocenters. The molecule has 0 amide bonds. The van der Waals surface area contributed by atoms with E-state index in [0.29, 0.717) is 6.04 Å². The van der Waals surface area contributed by atoms with E-state index in [-0.39, 0.29) is 0 Å². The van der Waals surface area contributed by atoms with Gasteiger partial charge >= 0.3 is 0 Å². The first-order valence-electron chi connectivity index (χ1n) is 7.60. The Morgan fingerprint density at radius 2 is 2.17 bits per heavy atom. The topological polar surface area (TPSA) is 24.5 Å². The van der Waals surface area contributed by atoms with E-state index in [1.54, 1.807) is 7.11 Å². The Bertz CT molecular complexity index is 247. The first-order chi connectivity index (χ1) is 8.70. The van der Waals surface area contributed by atoms with Crippen LogP contribution < -0.4 is 5.32 Å². The van der Waals surface area contributed by atoms with E-state index < -0.39 is 0 Å². The van der Waals surface area contributed by atoms with Crippen LogP contribution in [0.15, 0.2) is 0 Å². The number of fused-ring (bicyclic) bond motifs is 2. The van der Waals surface area contributed by atoms with Crippen LogP contribution in [0.5, 0.6) is 0 Å². The third-order valence-corrected chi connectivity index (χ3v) is 5.08. The molecule has 2 saturated carbocycles. The molecule has 2 aliphatic carbocycles. The molecule has 2 rings (SSSR count). The predicted octanol–water partition coefficient (Wildman–Crippen LogP) is 1.98. The molecule has 0 aromatic heterocycles. The van der Waals surface area contributed by atoms with Gasteiger partial charge in [-0.25, -0.2) is 0 Å². The summed E-state index contributed by atoms with van der Waals surface area (Å²) in [5, 5.41) is 3.46. The zero-order valence-corrected chi connectivity index (χ0v) is 12.3. The zero-order valence-electron chi connectivity index (χ0n) is 12.3. The van der Waals surface area contributed by atoms with Crippen molar-refractivity contribution in [2.75, 3.05) is 40.4 Å². The van der Waals surface area contributed by atoms with Gasteiger partial charge in [-0.3, -0.25) is 0 Å². The fourth-order valence-electron chi connectivity index (χ4n) is 3.79. The molecule has 2 aliphatic rings. The molecule has 0 saturated heterocycles. The minimum Gasteiger partial charge on any atom is -0.383 e. The van der Waals surface area contributed by atoms with Gasteiger partial charge < -0.3 is 15.0 Å². The molecule has 2 bridgehead atoms. The third-order valence-electron chi connectivity index (χ3n) is 5.08. The summed E-state index contributed by atoms with van der Waals surface area (Å²) in [4.78, 5) is 2.55. The van der Waals surface area contributed by atoms with Gasteiger partial charge in [0.1, 0.15) is 0 Å². The minimum absolute atomic E-state index is 0.626. The molecule has 3 nitrogen and oxygen atoms in total. The number of hydrogen-bond acceptors (Lipinski definition) is 3. The highest BCUT2D eigenvalue weighted by Gasteiger charge is 2.39. The Labute approximate surface area is 112 Å². The van der Waals surface area contributed by atoms with Crippen molar-refractivity contribution < 1.29 is 4.74 Å². The zero-order chi connectivity index (χ0) is 13.0. The van der Waals surface area contributed by atoms with Crippen molar-refractivity contribution in [2.24, 2.45) is 17.8 Å². The average molecular weight is 254 g/mol. The highest BCUT2D eigenvalue weighted by Crippen LogP contribution is 2.48. The van der Waals surface area contributed by atoms with Gasteiger partial charge in [-0.15, -0.1) is 0 Å². The second kappa shape index (κ2) is 6.88. The average Bonchev–Trinajstić information content (AvgIpc) is 2.96. The Hall–Kier alpha value is -0.120. The number of likely N-dealkylation sites (N-methyl/N-ethyl adjacent to an activating group) is 1. The van der Waals surface area contributed by atoms with Crippen LogP contribution in [-0.4, -0.2) is 51.3 Å². The van der Waals surface area contributed by atoms with Crippen LogP contribution in [0.3, 0.4) is 0 Å². The smallest absolute Gasteiger partial charge is 0.0587 e. The largest absolute Gasteiger partial charge is 0.383 e. The number of hydrogen-bond donors (Lipinski definition) is 1. The molecular formula is C15H30N2O. The van der Waals surface area contributed by atoms with Crippen molar-refractivity contribution >= 4 is 0 Å². The van der Waals surface area contributed by atoms with Crippen LogP contribution in [0.1, 0.15) is 32.6 Å². The lowest BCUT2D eigenvalue weighted by atomic mass is 9.88. The van der Waals surface area contributed by atoms with Gasteiger partial charge in [-0.2, -0.15) is 0 Å². The van der Waals surface area contributed by atoms with Gasteiger partial charge in [0.25, 0.3) is 0 Å². The van der Waals surface area contributed by atoms with Gasteiger partial charge in [0.2, 0.25) is 0 Å². The quantitative estimate of drug-likeness (QED) is 0.670. The van der Waals surface area contributed by atoms with Gasteiger partial charge in [-0.05, 0) is 51.0 Å². The molecule has 1 N–H and O–H groups in total. The van der Waals surface area contributed by atoms with E-state index in [1.807, 2.05) is 0 Å². The maximum absolute atomic E-state index is 5.05. The minimum atomic E-state index is 0.626. The fourth-order valence-corrected chi connectivity index (χ4v) is 3.79. The van der Waals surface area contributed by atoms with Crippen molar-refractivity contribution in [3.8, 4) is 0 Å². The van der Waals surface area contributed by atoms with Crippen LogP contribution in [-0.2, 0) is 4.74 Å². The first kappa shape index (κ1) is 14.3. The van der Waals surface area contributed by atoms with Crippen LogP contribution in [0, 0.1) is 17.8 Å². The summed E-state index contributed by atoms with van der Waals surface area (Å²) in [7, 11) is 4.04. The van der Waals surface area contributed by atoms with Crippen LogP contribution in [0.4, 0.5) is 0 Å². The van der Waals surface area contributed by atoms with E-state index in [2.05, 4.69) is 24.2 Å². The second-order valence-corrected chi connectivity index (χ2v) is 6.42. The van der Waals surface area contributed by atoms with Gasteiger partial charge in [-0.1, -0.05) is 6.42 Å². The van der Waals surface area contributed by atoms with E-state index in [9.17, 15) is 0 Å². The monoisotopic (exact) mass is 254 g/mol. The predicted molar refractivity (Wildman–Crippen MR) is 75.8 cm³/mol. The molecule has 3 heteroatoms. The Morgan fingerprint density at radius 1 is 1.33 bits per heavy atom. The highest BCUT2D eigenvalue weighted by molar-refractivity contribution is 4.91. The van der Waals surface area contributed by atoms with Gasteiger partial charge in [0, 0.05) is 32.8 Å². The van der Waals surface area contributed by atoms with Gasteiger partial charge in [0.05, 0.1) is 6.61 Å². The number of methoxy groups -OCH3 is 1. The van der Waals surface area contributed by atoms with Crippen molar-refractivity contribution in [1.29, 1.82) is 0 Å².